The van der Waals surface area contributed by atoms with Gasteiger partial charge in [0, 0.05) is 0 Å². The van der Waals surface area contributed by atoms with E-state index in [1.807, 2.05) is 0 Å². The van der Waals surface area contributed by atoms with Gasteiger partial charge in [-0.05, 0) is 0 Å². The van der Waals surface area contributed by atoms with Gasteiger partial charge in [0.15, 0.2) is 0 Å². The average molecular weight is 277 g/mol. The van der Waals surface area contributed by atoms with Gasteiger partial charge in [-0.25, -0.2) is 0 Å². The quantitative estimate of drug-likeness (QED) is 0.525. The monoisotopic (exact) mass is 277 g/mol. The van der Waals surface area contributed by atoms with Crippen LogP contribution in [0.15, 0.2) is 0 Å². The first-order valence-electron chi connectivity index (χ1n) is 7.99. The van der Waals surface area contributed by atoms with E-state index >= 15 is 0 Å². The van der Waals surface area contributed by atoms with Crippen molar-refractivity contribution in [1.29, 1.82) is 0 Å². The van der Waals surface area contributed by atoms with E-state index in [4.69, 9.17) is 5.73 Å². The van der Waals surface area contributed by atoms with Gasteiger partial charge in [-0.1, -0.05) is 0 Å². The molecule has 3 N–H and O–H groups in total. The topological polar surface area (TPSA) is 46.2 Å². The van der Waals surface area contributed by atoms with E-state index in [1.54, 1.807) is 0 Å². The zero-order chi connectivity index (χ0) is 13.9. The van der Waals surface area contributed by atoms with Crippen LogP contribution in [-0.2, 0) is 0 Å². The molecule has 0 atom stereocenters. The molecule has 112 valence electrons. The van der Waals surface area contributed by atoms with E-state index in [-0.39, 0.29) is 0 Å². The molecule has 0 aliphatic rings. The van der Waals surface area contributed by atoms with Crippen molar-refractivity contribution in [3.05, 3.63) is 0 Å². The molecule has 0 aliphatic heterocycles. The summed E-state index contributed by atoms with van der Waals surface area (Å²) in [6.07, 6.45) is 12.4. The van der Waals surface area contributed by atoms with Crippen molar-refractivity contribution in [2.45, 2.75) is 65.7 Å². The fourth-order valence-electron chi connectivity index (χ4n) is 2.86. The molecule has 0 aromatic carbocycles. The Morgan fingerprint density at radius 2 is 1.06 bits per heavy atom. The molecule has 0 saturated heterocycles. The SMILES string of the molecule is CCCCP(O)(CCCC)(CCCC)CCCN. The van der Waals surface area contributed by atoms with Gasteiger partial charge in [0.25, 0.3) is 0 Å². The fraction of sp³-hybridized carbons (Fsp3) is 1.00. The Morgan fingerprint density at radius 1 is 0.722 bits per heavy atom. The van der Waals surface area contributed by atoms with Gasteiger partial charge in [0.05, 0.1) is 0 Å². The molecule has 18 heavy (non-hydrogen) atoms. The Balaban J connectivity index is 4.82. The molecule has 0 bridgehead atoms. The molecular formula is C15H36NOP. The van der Waals surface area contributed by atoms with Gasteiger partial charge in [0.2, 0.25) is 0 Å². The molecule has 0 saturated carbocycles. The third kappa shape index (κ3) is 6.50. The van der Waals surface area contributed by atoms with Crippen LogP contribution in [0.3, 0.4) is 0 Å². The summed E-state index contributed by atoms with van der Waals surface area (Å²) in [5, 5.41) is 0. The second-order valence-electron chi connectivity index (χ2n) is 6.00. The molecule has 0 aromatic heterocycles. The Hall–Kier alpha value is 0.350. The predicted octanol–water partition coefficient (Wildman–Crippen LogP) is 4.20. The molecule has 0 amide bonds. The van der Waals surface area contributed by atoms with Crippen LogP contribution in [0.2, 0.25) is 0 Å². The summed E-state index contributed by atoms with van der Waals surface area (Å²) >= 11 is 0. The normalized spacial score (nSPS) is 14.4. The van der Waals surface area contributed by atoms with Crippen molar-refractivity contribution in [2.75, 3.05) is 31.2 Å². The predicted molar refractivity (Wildman–Crippen MR) is 87.0 cm³/mol. The van der Waals surface area contributed by atoms with Crippen LogP contribution in [0.5, 0.6) is 0 Å². The first-order valence-corrected chi connectivity index (χ1v) is 10.9. The third-order valence-corrected chi connectivity index (χ3v) is 10.1. The van der Waals surface area contributed by atoms with E-state index in [1.165, 1.54) is 38.5 Å². The second-order valence-corrected chi connectivity index (χ2v) is 11.6. The summed E-state index contributed by atoms with van der Waals surface area (Å²) in [6, 6.07) is 0. The molecule has 0 aliphatic carbocycles. The summed E-state index contributed by atoms with van der Waals surface area (Å²) in [4.78, 5) is 11.6. The van der Waals surface area contributed by atoms with Gasteiger partial charge < -0.3 is 0 Å². The molecule has 0 rings (SSSR count). The van der Waals surface area contributed by atoms with E-state index in [0.717, 1.165) is 37.6 Å². The van der Waals surface area contributed by atoms with Gasteiger partial charge in [0.1, 0.15) is 0 Å². The van der Waals surface area contributed by atoms with Crippen LogP contribution < -0.4 is 5.73 Å². The summed E-state index contributed by atoms with van der Waals surface area (Å²) < 4.78 is 0. The van der Waals surface area contributed by atoms with Crippen LogP contribution >= 0.6 is 6.83 Å². The minimum absolute atomic E-state index is 0.725. The zero-order valence-corrected chi connectivity index (χ0v) is 13.9. The summed E-state index contributed by atoms with van der Waals surface area (Å²) in [6.45, 7) is 4.96. The van der Waals surface area contributed by atoms with Crippen LogP contribution in [-0.4, -0.2) is 36.1 Å². The summed E-state index contributed by atoms with van der Waals surface area (Å²) in [5.41, 5.74) is 5.69. The Morgan fingerprint density at radius 3 is 1.33 bits per heavy atom. The maximum atomic E-state index is 11.6. The molecule has 0 heterocycles. The van der Waals surface area contributed by atoms with E-state index in [2.05, 4.69) is 20.8 Å². The number of unbranched alkanes of at least 4 members (excludes halogenated alkanes) is 3. The Kier molecular flexibility index (Phi) is 9.47. The third-order valence-electron chi connectivity index (χ3n) is 4.19. The van der Waals surface area contributed by atoms with Crippen molar-refractivity contribution in [2.24, 2.45) is 5.73 Å². The van der Waals surface area contributed by atoms with Crippen LogP contribution in [0, 0.1) is 0 Å². The summed E-state index contributed by atoms with van der Waals surface area (Å²) in [5.74, 6) is 0. The first kappa shape index (κ1) is 18.4. The van der Waals surface area contributed by atoms with Gasteiger partial charge in [-0.15, -0.1) is 0 Å². The molecular weight excluding hydrogens is 241 g/mol. The number of hydrogen-bond acceptors (Lipinski definition) is 2. The number of nitrogens with two attached hydrogens (primary N) is 1. The van der Waals surface area contributed by atoms with Crippen LogP contribution in [0.4, 0.5) is 0 Å². The Bertz CT molecular complexity index is 165. The van der Waals surface area contributed by atoms with Gasteiger partial charge in [-0.2, -0.15) is 0 Å². The zero-order valence-electron chi connectivity index (χ0n) is 13.0. The molecule has 0 fully saturated rings. The van der Waals surface area contributed by atoms with Crippen molar-refractivity contribution in [3.8, 4) is 0 Å². The van der Waals surface area contributed by atoms with Crippen molar-refractivity contribution in [3.63, 3.8) is 0 Å². The molecule has 2 nitrogen and oxygen atoms in total. The maximum absolute atomic E-state index is 11.6. The van der Waals surface area contributed by atoms with E-state index in [9.17, 15) is 4.89 Å². The van der Waals surface area contributed by atoms with Gasteiger partial charge in [-0.3, -0.25) is 0 Å². The van der Waals surface area contributed by atoms with E-state index < -0.39 is 6.83 Å². The van der Waals surface area contributed by atoms with Crippen molar-refractivity contribution < 1.29 is 4.89 Å². The number of hydrogen-bond donors (Lipinski definition) is 2. The standard InChI is InChI=1S/C15H36NOP/c1-4-7-12-18(17,13-8-5-2,14-9-6-3)15-10-11-16/h17H,4-16H2,1-3H3. The average Bonchev–Trinajstić information content (AvgIpc) is 2.40. The van der Waals surface area contributed by atoms with E-state index in [0.29, 0.717) is 0 Å². The van der Waals surface area contributed by atoms with Crippen LogP contribution in [0.1, 0.15) is 65.7 Å². The fourth-order valence-corrected chi connectivity index (χ4v) is 8.58. The summed E-state index contributed by atoms with van der Waals surface area (Å²) in [7, 11) is 0. The second kappa shape index (κ2) is 9.28. The molecule has 0 spiro atoms. The Labute approximate surface area is 115 Å². The van der Waals surface area contributed by atoms with Gasteiger partial charge >= 0.3 is 114 Å². The molecule has 3 heteroatoms. The molecule has 0 aromatic rings. The van der Waals surface area contributed by atoms with Crippen molar-refractivity contribution in [1.82, 2.24) is 0 Å². The molecule has 0 unspecified atom stereocenters. The first-order chi connectivity index (χ1) is 8.54. The van der Waals surface area contributed by atoms with Crippen LogP contribution in [0.25, 0.3) is 0 Å². The van der Waals surface area contributed by atoms with Crippen molar-refractivity contribution >= 4 is 6.83 Å². The number of rotatable bonds is 12. The minimum atomic E-state index is -2.44. The molecule has 0 radical (unpaired) electrons.